The lowest BCUT2D eigenvalue weighted by Crippen LogP contribution is -2.41. The van der Waals surface area contributed by atoms with Crippen molar-refractivity contribution in [2.45, 2.75) is 38.8 Å². The van der Waals surface area contributed by atoms with Gasteiger partial charge in [-0.15, -0.1) is 0 Å². The van der Waals surface area contributed by atoms with Gasteiger partial charge in [0.25, 0.3) is 17.0 Å². The number of aromatic nitrogens is 3. The summed E-state index contributed by atoms with van der Waals surface area (Å²) in [5.41, 5.74) is -1.67. The number of amides is 1. The van der Waals surface area contributed by atoms with E-state index < -0.39 is 22.7 Å². The summed E-state index contributed by atoms with van der Waals surface area (Å²) in [5, 5.41) is 2.75. The van der Waals surface area contributed by atoms with Crippen LogP contribution < -0.4 is 22.1 Å². The first kappa shape index (κ1) is 22.8. The van der Waals surface area contributed by atoms with Crippen LogP contribution in [0.25, 0.3) is 11.0 Å². The molecule has 0 aliphatic carbocycles. The quantitative estimate of drug-likeness (QED) is 0.610. The van der Waals surface area contributed by atoms with E-state index in [0.29, 0.717) is 5.76 Å². The second-order valence-electron chi connectivity index (χ2n) is 8.60. The molecule has 0 spiro atoms. The Bertz CT molecular complexity index is 1370. The SMILES string of the molecule is Cn1c(=O)c2c(C(=O)NCc3ccc(CN4CCCCCC4)o3)cc(=O)n(C)c2n(C)c1=O. The van der Waals surface area contributed by atoms with E-state index in [9.17, 15) is 19.2 Å². The largest absolute Gasteiger partial charge is 0.463 e. The molecule has 4 rings (SSSR count). The maximum absolute atomic E-state index is 13.0. The summed E-state index contributed by atoms with van der Waals surface area (Å²) in [6.45, 7) is 2.96. The molecule has 3 aromatic rings. The zero-order valence-corrected chi connectivity index (χ0v) is 19.2. The van der Waals surface area contributed by atoms with Crippen molar-refractivity contribution in [3.8, 4) is 0 Å². The second-order valence-corrected chi connectivity index (χ2v) is 8.60. The molecular formula is C23H29N5O5. The zero-order chi connectivity index (χ0) is 23.7. The van der Waals surface area contributed by atoms with E-state index in [1.807, 2.05) is 12.1 Å². The third-order valence-electron chi connectivity index (χ3n) is 6.28. The summed E-state index contributed by atoms with van der Waals surface area (Å²) in [6.07, 6.45) is 4.92. The fourth-order valence-corrected chi connectivity index (χ4v) is 4.42. The van der Waals surface area contributed by atoms with Gasteiger partial charge < -0.3 is 9.73 Å². The van der Waals surface area contributed by atoms with E-state index in [2.05, 4.69) is 10.2 Å². The van der Waals surface area contributed by atoms with Crippen LogP contribution in [0.1, 0.15) is 47.6 Å². The van der Waals surface area contributed by atoms with Gasteiger partial charge in [-0.3, -0.25) is 33.0 Å². The van der Waals surface area contributed by atoms with Gasteiger partial charge in [0.15, 0.2) is 0 Å². The van der Waals surface area contributed by atoms with Crippen molar-refractivity contribution in [1.29, 1.82) is 0 Å². The highest BCUT2D eigenvalue weighted by Crippen LogP contribution is 2.16. The lowest BCUT2D eigenvalue weighted by Gasteiger charge is -2.17. The third kappa shape index (κ3) is 4.43. The van der Waals surface area contributed by atoms with Gasteiger partial charge in [-0.1, -0.05) is 12.8 Å². The maximum atomic E-state index is 13.0. The zero-order valence-electron chi connectivity index (χ0n) is 19.2. The number of hydrogen-bond acceptors (Lipinski definition) is 6. The van der Waals surface area contributed by atoms with Gasteiger partial charge in [0.1, 0.15) is 17.2 Å². The number of furan rings is 1. The number of hydrogen-bond donors (Lipinski definition) is 1. The molecule has 10 nitrogen and oxygen atoms in total. The first-order valence-corrected chi connectivity index (χ1v) is 11.2. The van der Waals surface area contributed by atoms with Crippen LogP contribution in [-0.2, 0) is 34.2 Å². The summed E-state index contributed by atoms with van der Waals surface area (Å²) in [4.78, 5) is 52.9. The first-order chi connectivity index (χ1) is 15.8. The van der Waals surface area contributed by atoms with Gasteiger partial charge in [0, 0.05) is 27.2 Å². The first-order valence-electron chi connectivity index (χ1n) is 11.2. The summed E-state index contributed by atoms with van der Waals surface area (Å²) < 4.78 is 9.19. The molecule has 0 bridgehead atoms. The number of carbonyl (C=O) groups excluding carboxylic acids is 1. The minimum Gasteiger partial charge on any atom is -0.463 e. The van der Waals surface area contributed by atoms with Crippen molar-refractivity contribution in [3.05, 3.63) is 66.5 Å². The summed E-state index contributed by atoms with van der Waals surface area (Å²) in [5.74, 6) is 0.838. The van der Waals surface area contributed by atoms with Gasteiger partial charge in [-0.05, 0) is 38.1 Å². The van der Waals surface area contributed by atoms with E-state index in [1.54, 1.807) is 0 Å². The monoisotopic (exact) mass is 455 g/mol. The Kier molecular flexibility index (Phi) is 6.37. The molecule has 33 heavy (non-hydrogen) atoms. The third-order valence-corrected chi connectivity index (χ3v) is 6.28. The van der Waals surface area contributed by atoms with Crippen LogP contribution in [0, 0.1) is 0 Å². The number of nitrogens with one attached hydrogen (secondary N) is 1. The number of aryl methyl sites for hydroxylation is 2. The van der Waals surface area contributed by atoms with Crippen molar-refractivity contribution in [2.24, 2.45) is 21.1 Å². The topological polar surface area (TPSA) is 111 Å². The molecule has 0 unspecified atom stereocenters. The molecule has 0 saturated carbocycles. The molecule has 1 aliphatic heterocycles. The molecule has 0 atom stereocenters. The molecule has 1 N–H and O–H groups in total. The number of carbonyl (C=O) groups is 1. The normalized spacial score (nSPS) is 15.0. The maximum Gasteiger partial charge on any atom is 0.332 e. The van der Waals surface area contributed by atoms with Crippen molar-refractivity contribution < 1.29 is 9.21 Å². The predicted octanol–water partition coefficient (Wildman–Crippen LogP) is 0.835. The van der Waals surface area contributed by atoms with Gasteiger partial charge in [-0.2, -0.15) is 0 Å². The van der Waals surface area contributed by atoms with E-state index in [4.69, 9.17) is 4.42 Å². The van der Waals surface area contributed by atoms with Crippen LogP contribution in [0.2, 0.25) is 0 Å². The molecule has 4 heterocycles. The van der Waals surface area contributed by atoms with Gasteiger partial charge in [0.2, 0.25) is 0 Å². The van der Waals surface area contributed by atoms with Crippen molar-refractivity contribution >= 4 is 16.9 Å². The fraction of sp³-hybridized carbons (Fsp3) is 0.478. The number of likely N-dealkylation sites (tertiary alicyclic amines) is 1. The van der Waals surface area contributed by atoms with Gasteiger partial charge >= 0.3 is 5.69 Å². The molecule has 1 aliphatic rings. The Morgan fingerprint density at radius 2 is 1.61 bits per heavy atom. The van der Waals surface area contributed by atoms with Gasteiger partial charge in [0.05, 0.1) is 24.0 Å². The Hall–Kier alpha value is -3.40. The van der Waals surface area contributed by atoms with Gasteiger partial charge in [-0.25, -0.2) is 4.79 Å². The highest BCUT2D eigenvalue weighted by molar-refractivity contribution is 6.05. The minimum atomic E-state index is -0.633. The molecule has 1 fully saturated rings. The Morgan fingerprint density at radius 1 is 0.939 bits per heavy atom. The van der Waals surface area contributed by atoms with Crippen molar-refractivity contribution in [3.63, 3.8) is 0 Å². The highest BCUT2D eigenvalue weighted by atomic mass is 16.3. The molecule has 1 saturated heterocycles. The lowest BCUT2D eigenvalue weighted by atomic mass is 10.1. The molecular weight excluding hydrogens is 426 g/mol. The molecule has 176 valence electrons. The minimum absolute atomic E-state index is 0.0143. The Balaban J connectivity index is 1.56. The molecule has 0 aromatic carbocycles. The standard InChI is InChI=1S/C23H29N5O5/c1-25-18(29)12-17(19-21(25)26(2)23(32)27(3)22(19)31)20(30)24-13-15-8-9-16(33-15)14-28-10-6-4-5-7-11-28/h8-9,12H,4-7,10-11,13-14H2,1-3H3,(H,24,30). The Morgan fingerprint density at radius 3 is 2.30 bits per heavy atom. The molecule has 1 amide bonds. The predicted molar refractivity (Wildman–Crippen MR) is 123 cm³/mol. The summed E-state index contributed by atoms with van der Waals surface area (Å²) in [7, 11) is 4.26. The van der Waals surface area contributed by atoms with Crippen molar-refractivity contribution in [1.82, 2.24) is 23.9 Å². The molecule has 10 heteroatoms. The van der Waals surface area contributed by atoms with Crippen LogP contribution >= 0.6 is 0 Å². The van der Waals surface area contributed by atoms with E-state index in [1.165, 1.54) is 56.0 Å². The summed E-state index contributed by atoms with van der Waals surface area (Å²) in [6, 6.07) is 4.85. The molecule has 0 radical (unpaired) electrons. The number of nitrogens with zero attached hydrogens (tertiary/aromatic N) is 4. The van der Waals surface area contributed by atoms with Crippen LogP contribution in [0.5, 0.6) is 0 Å². The number of fused-ring (bicyclic) bond motifs is 1. The van der Waals surface area contributed by atoms with E-state index >= 15 is 0 Å². The van der Waals surface area contributed by atoms with E-state index in [-0.39, 0.29) is 23.1 Å². The number of pyridine rings is 1. The highest BCUT2D eigenvalue weighted by Gasteiger charge is 2.21. The van der Waals surface area contributed by atoms with Crippen LogP contribution in [0.15, 0.2) is 37.0 Å². The van der Waals surface area contributed by atoms with Crippen LogP contribution in [0.3, 0.4) is 0 Å². The van der Waals surface area contributed by atoms with Crippen LogP contribution in [0.4, 0.5) is 0 Å². The molecule has 3 aromatic heterocycles. The van der Waals surface area contributed by atoms with Crippen LogP contribution in [-0.4, -0.2) is 37.6 Å². The average molecular weight is 456 g/mol. The summed E-state index contributed by atoms with van der Waals surface area (Å²) >= 11 is 0. The Labute approximate surface area is 190 Å². The van der Waals surface area contributed by atoms with E-state index in [0.717, 1.165) is 36.0 Å². The average Bonchev–Trinajstić information content (AvgIpc) is 3.08. The number of rotatable bonds is 5. The van der Waals surface area contributed by atoms with Crippen molar-refractivity contribution in [2.75, 3.05) is 13.1 Å². The smallest absolute Gasteiger partial charge is 0.332 e. The fourth-order valence-electron chi connectivity index (χ4n) is 4.42. The lowest BCUT2D eigenvalue weighted by molar-refractivity contribution is 0.0949. The second kappa shape index (κ2) is 9.22.